The van der Waals surface area contributed by atoms with Crippen LogP contribution in [0.1, 0.15) is 20.3 Å². The summed E-state index contributed by atoms with van der Waals surface area (Å²) in [6.07, 6.45) is 0.969. The van der Waals surface area contributed by atoms with Gasteiger partial charge in [-0.2, -0.15) is 0 Å². The molecule has 2 rings (SSSR count). The molecule has 0 radical (unpaired) electrons. The van der Waals surface area contributed by atoms with E-state index in [0.717, 1.165) is 29.9 Å². The SMILES string of the molecule is CC(C)N(CCCCl)c1nc2ccccc2[nH]1. The fourth-order valence-corrected chi connectivity index (χ4v) is 2.03. The van der Waals surface area contributed by atoms with E-state index in [1.807, 2.05) is 24.3 Å². The Morgan fingerprint density at radius 1 is 1.35 bits per heavy atom. The third kappa shape index (κ3) is 2.72. The zero-order chi connectivity index (χ0) is 12.3. The highest BCUT2D eigenvalue weighted by Gasteiger charge is 2.13. The first-order chi connectivity index (χ1) is 8.22. The number of imidazole rings is 1. The Kier molecular flexibility index (Phi) is 3.89. The molecule has 0 aliphatic carbocycles. The molecule has 0 spiro atoms. The predicted octanol–water partition coefficient (Wildman–Crippen LogP) is 3.41. The maximum absolute atomic E-state index is 5.76. The number of hydrogen-bond donors (Lipinski definition) is 1. The Morgan fingerprint density at radius 3 is 2.76 bits per heavy atom. The number of halogens is 1. The van der Waals surface area contributed by atoms with Crippen molar-refractivity contribution in [2.24, 2.45) is 0 Å². The lowest BCUT2D eigenvalue weighted by Crippen LogP contribution is -2.32. The second-order valence-electron chi connectivity index (χ2n) is 4.41. The number of benzene rings is 1. The molecule has 1 aromatic carbocycles. The third-order valence-electron chi connectivity index (χ3n) is 2.80. The number of hydrogen-bond acceptors (Lipinski definition) is 2. The van der Waals surface area contributed by atoms with E-state index >= 15 is 0 Å². The highest BCUT2D eigenvalue weighted by atomic mass is 35.5. The highest BCUT2D eigenvalue weighted by Crippen LogP contribution is 2.19. The van der Waals surface area contributed by atoms with Gasteiger partial charge in [-0.15, -0.1) is 11.6 Å². The van der Waals surface area contributed by atoms with Crippen LogP contribution in [0.15, 0.2) is 24.3 Å². The van der Waals surface area contributed by atoms with Gasteiger partial charge in [-0.05, 0) is 32.4 Å². The summed E-state index contributed by atoms with van der Waals surface area (Å²) in [5.41, 5.74) is 2.10. The van der Waals surface area contributed by atoms with E-state index in [0.29, 0.717) is 11.9 Å². The monoisotopic (exact) mass is 251 g/mol. The van der Waals surface area contributed by atoms with Crippen molar-refractivity contribution in [1.29, 1.82) is 0 Å². The van der Waals surface area contributed by atoms with Crippen molar-refractivity contribution in [1.82, 2.24) is 9.97 Å². The maximum Gasteiger partial charge on any atom is 0.204 e. The van der Waals surface area contributed by atoms with E-state index < -0.39 is 0 Å². The Balaban J connectivity index is 2.28. The second kappa shape index (κ2) is 5.41. The van der Waals surface area contributed by atoms with Crippen LogP contribution in [0.4, 0.5) is 5.95 Å². The molecule has 0 unspecified atom stereocenters. The van der Waals surface area contributed by atoms with Crippen LogP contribution in [0.3, 0.4) is 0 Å². The van der Waals surface area contributed by atoms with Gasteiger partial charge in [0.15, 0.2) is 0 Å². The van der Waals surface area contributed by atoms with Gasteiger partial charge in [0.25, 0.3) is 0 Å². The Labute approximate surface area is 107 Å². The van der Waals surface area contributed by atoms with Gasteiger partial charge in [0.05, 0.1) is 11.0 Å². The number of para-hydroxylation sites is 2. The molecule has 1 aromatic heterocycles. The Hall–Kier alpha value is -1.22. The lowest BCUT2D eigenvalue weighted by atomic mass is 10.3. The van der Waals surface area contributed by atoms with E-state index in [1.165, 1.54) is 0 Å². The van der Waals surface area contributed by atoms with Gasteiger partial charge >= 0.3 is 0 Å². The van der Waals surface area contributed by atoms with Crippen molar-refractivity contribution < 1.29 is 0 Å². The lowest BCUT2D eigenvalue weighted by Gasteiger charge is -2.25. The number of aromatic nitrogens is 2. The summed E-state index contributed by atoms with van der Waals surface area (Å²) in [5.74, 6) is 1.62. The van der Waals surface area contributed by atoms with Gasteiger partial charge in [-0.25, -0.2) is 4.98 Å². The van der Waals surface area contributed by atoms with Crippen LogP contribution in [0.5, 0.6) is 0 Å². The molecular formula is C13H18ClN3. The van der Waals surface area contributed by atoms with Gasteiger partial charge in [0, 0.05) is 18.5 Å². The first-order valence-corrected chi connectivity index (χ1v) is 6.53. The quantitative estimate of drug-likeness (QED) is 0.826. The first kappa shape index (κ1) is 12.2. The number of alkyl halides is 1. The summed E-state index contributed by atoms with van der Waals surface area (Å²) in [6.45, 7) is 5.27. The number of nitrogens with one attached hydrogen (secondary N) is 1. The van der Waals surface area contributed by atoms with Crippen LogP contribution in [0, 0.1) is 0 Å². The highest BCUT2D eigenvalue weighted by molar-refractivity contribution is 6.17. The minimum atomic E-state index is 0.416. The molecule has 0 fully saturated rings. The molecule has 0 aliphatic rings. The van der Waals surface area contributed by atoms with Gasteiger partial charge in [0.1, 0.15) is 0 Å². The van der Waals surface area contributed by atoms with Crippen molar-refractivity contribution in [3.63, 3.8) is 0 Å². The van der Waals surface area contributed by atoms with Gasteiger partial charge in [-0.1, -0.05) is 12.1 Å². The molecular weight excluding hydrogens is 234 g/mol. The summed E-state index contributed by atoms with van der Waals surface area (Å²) in [4.78, 5) is 10.2. The molecule has 0 amide bonds. The minimum Gasteiger partial charge on any atom is -0.340 e. The number of H-pyrrole nitrogens is 1. The summed E-state index contributed by atoms with van der Waals surface area (Å²) >= 11 is 5.76. The van der Waals surface area contributed by atoms with Crippen LogP contribution in [0.2, 0.25) is 0 Å². The van der Waals surface area contributed by atoms with Crippen LogP contribution in [-0.4, -0.2) is 28.4 Å². The van der Waals surface area contributed by atoms with Crippen molar-refractivity contribution in [3.05, 3.63) is 24.3 Å². The maximum atomic E-state index is 5.76. The van der Waals surface area contributed by atoms with Gasteiger partial charge < -0.3 is 9.88 Å². The summed E-state index contributed by atoms with van der Waals surface area (Å²) in [6, 6.07) is 8.51. The van der Waals surface area contributed by atoms with Crippen molar-refractivity contribution in [2.75, 3.05) is 17.3 Å². The minimum absolute atomic E-state index is 0.416. The fourth-order valence-electron chi connectivity index (χ4n) is 1.91. The molecule has 0 atom stereocenters. The Morgan fingerprint density at radius 2 is 2.12 bits per heavy atom. The molecule has 0 bridgehead atoms. The number of aromatic amines is 1. The lowest BCUT2D eigenvalue weighted by molar-refractivity contribution is 0.658. The van der Waals surface area contributed by atoms with Crippen LogP contribution in [-0.2, 0) is 0 Å². The molecule has 0 aliphatic heterocycles. The first-order valence-electron chi connectivity index (χ1n) is 5.99. The number of anilines is 1. The van der Waals surface area contributed by atoms with Crippen molar-refractivity contribution in [2.45, 2.75) is 26.3 Å². The zero-order valence-electron chi connectivity index (χ0n) is 10.3. The molecule has 3 nitrogen and oxygen atoms in total. The molecule has 0 saturated heterocycles. The molecule has 92 valence electrons. The summed E-state index contributed by atoms with van der Waals surface area (Å²) < 4.78 is 0. The third-order valence-corrected chi connectivity index (χ3v) is 3.07. The summed E-state index contributed by atoms with van der Waals surface area (Å²) in [5, 5.41) is 0. The normalized spacial score (nSPS) is 11.3. The van der Waals surface area contributed by atoms with E-state index in [2.05, 4.69) is 28.7 Å². The standard InChI is InChI=1S/C13H18ClN3/c1-10(2)17(9-5-8-14)13-15-11-6-3-4-7-12(11)16-13/h3-4,6-7,10H,5,8-9H2,1-2H3,(H,15,16). The van der Waals surface area contributed by atoms with E-state index in [4.69, 9.17) is 11.6 Å². The van der Waals surface area contributed by atoms with Gasteiger partial charge in [0.2, 0.25) is 5.95 Å². The van der Waals surface area contributed by atoms with Crippen LogP contribution in [0.25, 0.3) is 11.0 Å². The molecule has 0 saturated carbocycles. The molecule has 17 heavy (non-hydrogen) atoms. The van der Waals surface area contributed by atoms with E-state index in [-0.39, 0.29) is 0 Å². The molecule has 2 aromatic rings. The molecule has 4 heteroatoms. The van der Waals surface area contributed by atoms with E-state index in [1.54, 1.807) is 0 Å². The molecule has 1 heterocycles. The summed E-state index contributed by atoms with van der Waals surface area (Å²) in [7, 11) is 0. The Bertz CT molecular complexity index is 445. The topological polar surface area (TPSA) is 31.9 Å². The largest absolute Gasteiger partial charge is 0.340 e. The van der Waals surface area contributed by atoms with Crippen LogP contribution >= 0.6 is 11.6 Å². The number of rotatable bonds is 5. The van der Waals surface area contributed by atoms with E-state index in [9.17, 15) is 0 Å². The number of fused-ring (bicyclic) bond motifs is 1. The zero-order valence-corrected chi connectivity index (χ0v) is 11.0. The van der Waals surface area contributed by atoms with Crippen LogP contribution < -0.4 is 4.90 Å². The fraction of sp³-hybridized carbons (Fsp3) is 0.462. The van der Waals surface area contributed by atoms with Crippen molar-refractivity contribution in [3.8, 4) is 0 Å². The average Bonchev–Trinajstić information content (AvgIpc) is 2.72. The number of nitrogens with zero attached hydrogens (tertiary/aromatic N) is 2. The molecule has 1 N–H and O–H groups in total. The predicted molar refractivity (Wildman–Crippen MR) is 73.9 cm³/mol. The average molecular weight is 252 g/mol. The smallest absolute Gasteiger partial charge is 0.204 e. The van der Waals surface area contributed by atoms with Gasteiger partial charge in [-0.3, -0.25) is 0 Å². The van der Waals surface area contributed by atoms with Crippen molar-refractivity contribution >= 4 is 28.6 Å². The second-order valence-corrected chi connectivity index (χ2v) is 4.79.